The minimum Gasteiger partial charge on any atom is -0.481 e. The zero-order valence-electron chi connectivity index (χ0n) is 16.7. The number of ether oxygens (including phenoxy) is 2. The summed E-state index contributed by atoms with van der Waals surface area (Å²) in [5.41, 5.74) is -2.37. The summed E-state index contributed by atoms with van der Waals surface area (Å²) in [5.74, 6) is -6.42. The number of carboxylic acid groups (broad SMARTS) is 2. The van der Waals surface area contributed by atoms with Gasteiger partial charge in [-0.3, -0.25) is 9.79 Å². The topological polar surface area (TPSA) is 105 Å². The molecule has 1 aromatic rings. The standard InChI is InChI=1S/C20H22F3NO6/c1-9(29-3)16-14(18(25)26)13(11-7-5-6-8-12(11)20(21,22)23)15(19(27)28)17(24-16)10(2)30-4/h5-10,13-14H,1-4H3,(H,25,26)(H,27,28). The summed E-state index contributed by atoms with van der Waals surface area (Å²) in [5, 5.41) is 19.8. The molecule has 4 atom stereocenters. The molecule has 0 spiro atoms. The Morgan fingerprint density at radius 3 is 2.10 bits per heavy atom. The first kappa shape index (κ1) is 23.6. The second kappa shape index (κ2) is 8.97. The van der Waals surface area contributed by atoms with E-state index in [-0.39, 0.29) is 11.4 Å². The van der Waals surface area contributed by atoms with E-state index in [0.717, 1.165) is 18.2 Å². The number of carbonyl (C=O) groups is 2. The third kappa shape index (κ3) is 4.39. The van der Waals surface area contributed by atoms with Gasteiger partial charge in [-0.2, -0.15) is 13.2 Å². The first-order valence-electron chi connectivity index (χ1n) is 8.95. The van der Waals surface area contributed by atoms with E-state index < -0.39 is 58.9 Å². The Bertz CT molecular complexity index is 893. The van der Waals surface area contributed by atoms with Crippen LogP contribution in [0.4, 0.5) is 13.2 Å². The first-order valence-corrected chi connectivity index (χ1v) is 8.95. The molecule has 1 aliphatic rings. The highest BCUT2D eigenvalue weighted by Gasteiger charge is 2.48. The number of alkyl halides is 3. The summed E-state index contributed by atoms with van der Waals surface area (Å²) in [6.07, 6.45) is -6.62. The Morgan fingerprint density at radius 1 is 1.07 bits per heavy atom. The predicted octanol–water partition coefficient (Wildman–Crippen LogP) is 3.35. The summed E-state index contributed by atoms with van der Waals surface area (Å²) < 4.78 is 51.5. The van der Waals surface area contributed by atoms with E-state index in [1.54, 1.807) is 0 Å². The fraction of sp³-hybridized carbons (Fsp3) is 0.450. The Labute approximate surface area is 170 Å². The molecule has 0 bridgehead atoms. The number of methoxy groups -OCH3 is 2. The van der Waals surface area contributed by atoms with Crippen molar-refractivity contribution in [2.45, 2.75) is 38.1 Å². The van der Waals surface area contributed by atoms with E-state index in [0.29, 0.717) is 0 Å². The Balaban J connectivity index is 2.96. The number of nitrogens with zero attached hydrogens (tertiary/aromatic N) is 1. The molecule has 1 aliphatic heterocycles. The second-order valence-corrected chi connectivity index (χ2v) is 6.78. The number of benzene rings is 1. The molecule has 7 nitrogen and oxygen atoms in total. The van der Waals surface area contributed by atoms with Crippen LogP contribution in [0.2, 0.25) is 0 Å². The van der Waals surface area contributed by atoms with E-state index in [4.69, 9.17) is 9.47 Å². The lowest BCUT2D eigenvalue weighted by atomic mass is 9.72. The van der Waals surface area contributed by atoms with Gasteiger partial charge in [-0.15, -0.1) is 0 Å². The van der Waals surface area contributed by atoms with Gasteiger partial charge < -0.3 is 19.7 Å². The number of halogens is 3. The molecular formula is C20H22F3NO6. The van der Waals surface area contributed by atoms with Crippen LogP contribution in [0.5, 0.6) is 0 Å². The normalized spacial score (nSPS) is 21.8. The first-order chi connectivity index (χ1) is 13.9. The van der Waals surface area contributed by atoms with Crippen molar-refractivity contribution in [1.82, 2.24) is 0 Å². The molecule has 4 unspecified atom stereocenters. The lowest BCUT2D eigenvalue weighted by Crippen LogP contribution is -2.43. The quantitative estimate of drug-likeness (QED) is 0.689. The van der Waals surface area contributed by atoms with Crippen molar-refractivity contribution < 1.29 is 42.4 Å². The SMILES string of the molecule is COC(C)C1=NC(C(C)OC)=C(C(=O)O)C(c2ccccc2C(F)(F)F)C1C(=O)O. The zero-order chi connectivity index (χ0) is 22.8. The van der Waals surface area contributed by atoms with Crippen LogP contribution in [0.15, 0.2) is 40.5 Å². The smallest absolute Gasteiger partial charge is 0.416 e. The number of hydrogen-bond donors (Lipinski definition) is 2. The maximum atomic E-state index is 13.7. The fourth-order valence-electron chi connectivity index (χ4n) is 3.52. The van der Waals surface area contributed by atoms with Gasteiger partial charge in [0.2, 0.25) is 0 Å². The lowest BCUT2D eigenvalue weighted by Gasteiger charge is -2.35. The molecule has 0 aliphatic carbocycles. The Kier molecular flexibility index (Phi) is 7.04. The van der Waals surface area contributed by atoms with Gasteiger partial charge in [0.25, 0.3) is 0 Å². The van der Waals surface area contributed by atoms with Gasteiger partial charge in [-0.05, 0) is 25.5 Å². The third-order valence-corrected chi connectivity index (χ3v) is 5.09. The van der Waals surface area contributed by atoms with Crippen molar-refractivity contribution in [2.24, 2.45) is 10.9 Å². The van der Waals surface area contributed by atoms with Gasteiger partial charge in [-0.1, -0.05) is 18.2 Å². The predicted molar refractivity (Wildman–Crippen MR) is 100 cm³/mol. The summed E-state index contributed by atoms with van der Waals surface area (Å²) >= 11 is 0. The zero-order valence-corrected chi connectivity index (χ0v) is 16.7. The van der Waals surface area contributed by atoms with Crippen LogP contribution in [-0.4, -0.2) is 54.3 Å². The molecule has 0 aromatic heterocycles. The van der Waals surface area contributed by atoms with Crippen LogP contribution >= 0.6 is 0 Å². The highest BCUT2D eigenvalue weighted by Crippen LogP contribution is 2.45. The monoisotopic (exact) mass is 429 g/mol. The number of aliphatic carboxylic acids is 2. The molecule has 2 N–H and O–H groups in total. The van der Waals surface area contributed by atoms with Crippen molar-refractivity contribution >= 4 is 17.7 Å². The summed E-state index contributed by atoms with van der Waals surface area (Å²) in [6, 6.07) is 4.33. The number of carboxylic acids is 2. The van der Waals surface area contributed by atoms with Crippen LogP contribution in [-0.2, 0) is 25.2 Å². The summed E-state index contributed by atoms with van der Waals surface area (Å²) in [6.45, 7) is 2.97. The van der Waals surface area contributed by atoms with Crippen LogP contribution in [0, 0.1) is 5.92 Å². The molecule has 0 radical (unpaired) electrons. The van der Waals surface area contributed by atoms with Crippen molar-refractivity contribution in [3.63, 3.8) is 0 Å². The van der Waals surface area contributed by atoms with E-state index in [1.807, 2.05) is 0 Å². The molecule has 0 saturated heterocycles. The molecule has 10 heteroatoms. The minimum absolute atomic E-state index is 0.0872. The van der Waals surface area contributed by atoms with E-state index in [1.165, 1.54) is 34.1 Å². The maximum absolute atomic E-state index is 13.7. The molecule has 30 heavy (non-hydrogen) atoms. The van der Waals surface area contributed by atoms with Gasteiger partial charge in [0.15, 0.2) is 0 Å². The van der Waals surface area contributed by atoms with Crippen molar-refractivity contribution in [3.8, 4) is 0 Å². The molecule has 0 saturated carbocycles. The second-order valence-electron chi connectivity index (χ2n) is 6.78. The molecule has 2 rings (SSSR count). The van der Waals surface area contributed by atoms with Gasteiger partial charge in [0.05, 0.1) is 34.8 Å². The Hall–Kier alpha value is -2.72. The van der Waals surface area contributed by atoms with E-state index in [9.17, 15) is 33.0 Å². The number of hydrogen-bond acceptors (Lipinski definition) is 5. The number of aliphatic imine (C=N–C) groups is 1. The van der Waals surface area contributed by atoms with Gasteiger partial charge >= 0.3 is 18.1 Å². The average molecular weight is 429 g/mol. The van der Waals surface area contributed by atoms with E-state index >= 15 is 0 Å². The summed E-state index contributed by atoms with van der Waals surface area (Å²) in [7, 11) is 2.58. The van der Waals surface area contributed by atoms with Gasteiger partial charge in [0.1, 0.15) is 5.92 Å². The maximum Gasteiger partial charge on any atom is 0.416 e. The summed E-state index contributed by atoms with van der Waals surface area (Å²) in [4.78, 5) is 28.5. The average Bonchev–Trinajstić information content (AvgIpc) is 2.69. The molecule has 1 heterocycles. The largest absolute Gasteiger partial charge is 0.481 e. The van der Waals surface area contributed by atoms with Crippen molar-refractivity contribution in [1.29, 1.82) is 0 Å². The van der Waals surface area contributed by atoms with Crippen molar-refractivity contribution in [2.75, 3.05) is 14.2 Å². The Morgan fingerprint density at radius 2 is 1.63 bits per heavy atom. The number of rotatable bonds is 7. The van der Waals surface area contributed by atoms with Crippen LogP contribution in [0.3, 0.4) is 0 Å². The molecule has 1 aromatic carbocycles. The molecule has 164 valence electrons. The van der Waals surface area contributed by atoms with E-state index in [2.05, 4.69) is 4.99 Å². The molecule has 0 amide bonds. The van der Waals surface area contributed by atoms with Gasteiger partial charge in [-0.25, -0.2) is 4.79 Å². The van der Waals surface area contributed by atoms with Crippen LogP contribution in [0.1, 0.15) is 30.9 Å². The van der Waals surface area contributed by atoms with Crippen molar-refractivity contribution in [3.05, 3.63) is 46.7 Å². The van der Waals surface area contributed by atoms with Crippen LogP contribution < -0.4 is 0 Å². The highest BCUT2D eigenvalue weighted by atomic mass is 19.4. The molecule has 0 fully saturated rings. The minimum atomic E-state index is -4.82. The van der Waals surface area contributed by atoms with Crippen LogP contribution in [0.25, 0.3) is 0 Å². The highest BCUT2D eigenvalue weighted by molar-refractivity contribution is 6.09. The lowest BCUT2D eigenvalue weighted by molar-refractivity contribution is -0.142. The van der Waals surface area contributed by atoms with Gasteiger partial charge in [0, 0.05) is 20.1 Å². The fourth-order valence-corrected chi connectivity index (χ4v) is 3.52. The molecular weight excluding hydrogens is 407 g/mol. The third-order valence-electron chi connectivity index (χ3n) is 5.09.